The number of piperidine rings is 1. The molecule has 1 amide bonds. The maximum absolute atomic E-state index is 13.7. The number of pyridine rings is 1. The van der Waals surface area contributed by atoms with Crippen LogP contribution in [0.5, 0.6) is 0 Å². The van der Waals surface area contributed by atoms with E-state index in [0.29, 0.717) is 38.1 Å². The number of nitrogens with zero attached hydrogens (tertiary/aromatic N) is 3. The van der Waals surface area contributed by atoms with Crippen LogP contribution in [0, 0.1) is 6.92 Å². The summed E-state index contributed by atoms with van der Waals surface area (Å²) in [4.78, 5) is 18.9. The van der Waals surface area contributed by atoms with Crippen LogP contribution in [-0.4, -0.2) is 41.1 Å². The molecule has 2 aromatic heterocycles. The van der Waals surface area contributed by atoms with Crippen molar-refractivity contribution in [2.45, 2.75) is 38.5 Å². The van der Waals surface area contributed by atoms with Crippen molar-refractivity contribution < 1.29 is 27.2 Å². The highest BCUT2D eigenvalue weighted by atomic mass is 19.4. The third kappa shape index (κ3) is 4.27. The van der Waals surface area contributed by atoms with E-state index in [9.17, 15) is 18.0 Å². The summed E-state index contributed by atoms with van der Waals surface area (Å²) < 4.78 is 51.1. The predicted octanol–water partition coefficient (Wildman–Crippen LogP) is 4.72. The Morgan fingerprint density at radius 1 is 1.29 bits per heavy atom. The number of amides is 1. The van der Waals surface area contributed by atoms with Gasteiger partial charge in [-0.05, 0) is 43.5 Å². The summed E-state index contributed by atoms with van der Waals surface area (Å²) in [7, 11) is 1.60. The number of hydrogen-bond acceptors (Lipinski definition) is 5. The summed E-state index contributed by atoms with van der Waals surface area (Å²) in [6, 6.07) is 8.21. The van der Waals surface area contributed by atoms with Crippen molar-refractivity contribution in [2.24, 2.45) is 0 Å². The Balaban J connectivity index is 1.60. The molecule has 1 fully saturated rings. The number of alkyl halides is 3. The molecule has 164 valence electrons. The normalized spacial score (nSPS) is 17.3. The van der Waals surface area contributed by atoms with Gasteiger partial charge in [0.2, 0.25) is 0 Å². The summed E-state index contributed by atoms with van der Waals surface area (Å²) in [5, 5.41) is 3.53. The van der Waals surface area contributed by atoms with E-state index in [2.05, 4.69) is 10.1 Å². The van der Waals surface area contributed by atoms with Gasteiger partial charge in [0, 0.05) is 31.7 Å². The number of carbonyl (C=O) groups excluding carboxylic acids is 1. The van der Waals surface area contributed by atoms with Gasteiger partial charge in [-0.1, -0.05) is 17.3 Å². The Bertz CT molecular complexity index is 1090. The molecule has 31 heavy (non-hydrogen) atoms. The first-order valence-electron chi connectivity index (χ1n) is 9.99. The van der Waals surface area contributed by atoms with Gasteiger partial charge in [0.15, 0.2) is 0 Å². The molecule has 1 atom stereocenters. The molecule has 3 heterocycles. The molecule has 1 aliphatic heterocycles. The molecule has 0 aliphatic carbocycles. The first-order chi connectivity index (χ1) is 14.8. The first kappa shape index (κ1) is 21.3. The van der Waals surface area contributed by atoms with Crippen LogP contribution in [0.25, 0.3) is 11.1 Å². The topological polar surface area (TPSA) is 68.5 Å². The van der Waals surface area contributed by atoms with E-state index >= 15 is 0 Å². The highest BCUT2D eigenvalue weighted by Gasteiger charge is 2.37. The number of ether oxygens (including phenoxy) is 1. The number of likely N-dealkylation sites (tertiary alicyclic amines) is 1. The minimum atomic E-state index is -4.56. The van der Waals surface area contributed by atoms with Crippen molar-refractivity contribution in [3.63, 3.8) is 0 Å². The van der Waals surface area contributed by atoms with Crippen molar-refractivity contribution in [1.29, 1.82) is 0 Å². The smallest absolute Gasteiger partial charge is 0.380 e. The summed E-state index contributed by atoms with van der Waals surface area (Å²) in [5.41, 5.74) is 0.978. The zero-order valence-corrected chi connectivity index (χ0v) is 17.2. The maximum Gasteiger partial charge on any atom is 0.417 e. The monoisotopic (exact) mass is 433 g/mol. The number of methoxy groups -OCH3 is 1. The van der Waals surface area contributed by atoms with Gasteiger partial charge >= 0.3 is 6.18 Å². The number of aryl methyl sites for hydroxylation is 1. The number of aromatic nitrogens is 2. The lowest BCUT2D eigenvalue weighted by molar-refractivity contribution is -0.136. The number of rotatable bonds is 4. The fourth-order valence-corrected chi connectivity index (χ4v) is 4.04. The Morgan fingerprint density at radius 3 is 2.71 bits per heavy atom. The molecular formula is C22H22F3N3O3. The summed E-state index contributed by atoms with van der Waals surface area (Å²) >= 11 is 0. The van der Waals surface area contributed by atoms with Crippen LogP contribution in [0.4, 0.5) is 13.2 Å². The van der Waals surface area contributed by atoms with Crippen LogP contribution in [0.15, 0.2) is 34.9 Å². The molecular weight excluding hydrogens is 411 g/mol. The molecule has 0 radical (unpaired) electrons. The molecule has 3 aromatic rings. The zero-order valence-electron chi connectivity index (χ0n) is 17.2. The average molecular weight is 433 g/mol. The highest BCUT2D eigenvalue weighted by molar-refractivity contribution is 5.94. The van der Waals surface area contributed by atoms with Crippen molar-refractivity contribution in [1.82, 2.24) is 15.0 Å². The van der Waals surface area contributed by atoms with Crippen molar-refractivity contribution >= 4 is 17.0 Å². The van der Waals surface area contributed by atoms with Crippen LogP contribution >= 0.6 is 0 Å². The van der Waals surface area contributed by atoms with Gasteiger partial charge in [0.05, 0.1) is 28.9 Å². The number of carbonyl (C=O) groups is 1. The lowest BCUT2D eigenvalue weighted by Gasteiger charge is -2.32. The maximum atomic E-state index is 13.7. The van der Waals surface area contributed by atoms with E-state index in [1.807, 2.05) is 12.1 Å². The number of benzene rings is 1. The summed E-state index contributed by atoms with van der Waals surface area (Å²) in [6.45, 7) is 2.75. The van der Waals surface area contributed by atoms with Gasteiger partial charge in [-0.3, -0.25) is 4.79 Å². The molecule has 1 aromatic carbocycles. The molecule has 0 N–H and O–H groups in total. The third-order valence-corrected chi connectivity index (χ3v) is 5.58. The molecule has 0 bridgehead atoms. The number of fused-ring (bicyclic) bond motifs is 1. The zero-order chi connectivity index (χ0) is 22.2. The largest absolute Gasteiger partial charge is 0.417 e. The molecule has 6 nitrogen and oxygen atoms in total. The van der Waals surface area contributed by atoms with Crippen LogP contribution in [-0.2, 0) is 17.5 Å². The predicted molar refractivity (Wildman–Crippen MR) is 107 cm³/mol. The second-order valence-corrected chi connectivity index (χ2v) is 7.76. The van der Waals surface area contributed by atoms with E-state index in [-0.39, 0.29) is 34.3 Å². The molecule has 1 unspecified atom stereocenters. The van der Waals surface area contributed by atoms with E-state index in [0.717, 1.165) is 11.6 Å². The quantitative estimate of drug-likeness (QED) is 0.596. The fraction of sp³-hybridized carbons (Fsp3) is 0.409. The Morgan fingerprint density at radius 2 is 2.03 bits per heavy atom. The number of hydrogen-bond donors (Lipinski definition) is 0. The SMILES string of the molecule is COCc1ccc(C(=O)N2CCCC(c3cc(C(F)(F)F)c4c(C)noc4n3)C2)cc1. The standard InChI is InChI=1S/C22H22F3N3O3/c1-13-19-17(22(23,24)25)10-18(26-20(19)31-27-13)16-4-3-9-28(11-16)21(29)15-7-5-14(6-8-15)12-30-2/h5-8,10,16H,3-4,9,11-12H2,1-2H3. The highest BCUT2D eigenvalue weighted by Crippen LogP contribution is 2.38. The lowest BCUT2D eigenvalue weighted by Crippen LogP contribution is -2.39. The van der Waals surface area contributed by atoms with Gasteiger partial charge < -0.3 is 14.2 Å². The van der Waals surface area contributed by atoms with Gasteiger partial charge in [-0.2, -0.15) is 13.2 Å². The van der Waals surface area contributed by atoms with E-state index < -0.39 is 11.7 Å². The van der Waals surface area contributed by atoms with Gasteiger partial charge in [0.25, 0.3) is 11.6 Å². The van der Waals surface area contributed by atoms with Crippen LogP contribution in [0.2, 0.25) is 0 Å². The minimum absolute atomic E-state index is 0.115. The molecule has 1 saturated heterocycles. The fourth-order valence-electron chi connectivity index (χ4n) is 4.04. The van der Waals surface area contributed by atoms with Gasteiger partial charge in [-0.15, -0.1) is 0 Å². The molecule has 0 spiro atoms. The van der Waals surface area contributed by atoms with Gasteiger partial charge in [-0.25, -0.2) is 4.98 Å². The van der Waals surface area contributed by atoms with E-state index in [4.69, 9.17) is 9.26 Å². The molecule has 4 rings (SSSR count). The number of halogens is 3. The third-order valence-electron chi connectivity index (χ3n) is 5.58. The average Bonchev–Trinajstić information content (AvgIpc) is 3.13. The molecule has 9 heteroatoms. The van der Waals surface area contributed by atoms with Crippen LogP contribution in [0.3, 0.4) is 0 Å². The van der Waals surface area contributed by atoms with Crippen molar-refractivity contribution in [2.75, 3.05) is 20.2 Å². The van der Waals surface area contributed by atoms with E-state index in [1.54, 1.807) is 24.1 Å². The van der Waals surface area contributed by atoms with Gasteiger partial charge in [0.1, 0.15) is 0 Å². The van der Waals surface area contributed by atoms with E-state index in [1.165, 1.54) is 6.92 Å². The van der Waals surface area contributed by atoms with Crippen molar-refractivity contribution in [3.05, 3.63) is 58.4 Å². The Labute approximate surface area is 177 Å². The van der Waals surface area contributed by atoms with Crippen LogP contribution < -0.4 is 0 Å². The summed E-state index contributed by atoms with van der Waals surface area (Å²) in [5.74, 6) is -0.470. The Hall–Kier alpha value is -2.94. The summed E-state index contributed by atoms with van der Waals surface area (Å²) in [6.07, 6.45) is -3.24. The minimum Gasteiger partial charge on any atom is -0.380 e. The second-order valence-electron chi connectivity index (χ2n) is 7.76. The van der Waals surface area contributed by atoms with Crippen LogP contribution in [0.1, 0.15) is 51.6 Å². The molecule has 1 aliphatic rings. The van der Waals surface area contributed by atoms with Crippen molar-refractivity contribution in [3.8, 4) is 0 Å². The molecule has 0 saturated carbocycles. The second kappa shape index (κ2) is 8.30. The lowest BCUT2D eigenvalue weighted by atomic mass is 9.92. The Kier molecular flexibility index (Phi) is 5.70. The first-order valence-corrected chi connectivity index (χ1v) is 9.99.